The lowest BCUT2D eigenvalue weighted by molar-refractivity contribution is 1.18. The zero-order chi connectivity index (χ0) is 11.7. The minimum Gasteiger partial charge on any atom is -0.261 e. The highest BCUT2D eigenvalue weighted by Crippen LogP contribution is 2.22. The van der Waals surface area contributed by atoms with Crippen molar-refractivity contribution in [2.75, 3.05) is 0 Å². The molecule has 0 radical (unpaired) electrons. The molecule has 0 saturated heterocycles. The molecule has 0 unspecified atom stereocenters. The summed E-state index contributed by atoms with van der Waals surface area (Å²) < 4.78 is 0. The second-order valence-electron chi connectivity index (χ2n) is 3.45. The Bertz CT molecular complexity index is 670. The molecule has 0 atom stereocenters. The van der Waals surface area contributed by atoms with Gasteiger partial charge in [-0.1, -0.05) is 11.6 Å². The van der Waals surface area contributed by atoms with Crippen LogP contribution >= 0.6 is 11.6 Å². The summed E-state index contributed by atoms with van der Waals surface area (Å²) in [5, 5.41) is 1.48. The molecule has 5 heteroatoms. The predicted molar refractivity (Wildman–Crippen MR) is 65.6 cm³/mol. The summed E-state index contributed by atoms with van der Waals surface area (Å²) in [6.45, 7) is 0. The number of fused-ring (bicyclic) bond motifs is 1. The number of halogens is 1. The molecule has 82 valence electrons. The molecule has 0 saturated carbocycles. The first kappa shape index (κ1) is 10.1. The quantitative estimate of drug-likeness (QED) is 0.658. The summed E-state index contributed by atoms with van der Waals surface area (Å²) >= 11 is 6.05. The zero-order valence-corrected chi connectivity index (χ0v) is 9.46. The number of hydrogen-bond donors (Lipinski definition) is 0. The van der Waals surface area contributed by atoms with Crippen LogP contribution in [0, 0.1) is 0 Å². The fourth-order valence-corrected chi connectivity index (χ4v) is 1.77. The van der Waals surface area contributed by atoms with Crippen molar-refractivity contribution in [3.8, 4) is 11.4 Å². The van der Waals surface area contributed by atoms with Gasteiger partial charge in [0.05, 0.1) is 16.9 Å². The number of aromatic nitrogens is 4. The maximum Gasteiger partial charge on any atom is 0.161 e. The molecular formula is C12H7ClN4. The van der Waals surface area contributed by atoms with Crippen molar-refractivity contribution in [2.45, 2.75) is 0 Å². The van der Waals surface area contributed by atoms with Gasteiger partial charge in [-0.05, 0) is 18.2 Å². The Labute approximate surface area is 102 Å². The van der Waals surface area contributed by atoms with E-state index in [1.54, 1.807) is 30.9 Å². The van der Waals surface area contributed by atoms with Crippen LogP contribution in [0.1, 0.15) is 0 Å². The first-order valence-electron chi connectivity index (χ1n) is 5.02. The van der Waals surface area contributed by atoms with Gasteiger partial charge >= 0.3 is 0 Å². The van der Waals surface area contributed by atoms with Crippen molar-refractivity contribution in [3.05, 3.63) is 48.0 Å². The average Bonchev–Trinajstić information content (AvgIpc) is 2.40. The fraction of sp³-hybridized carbons (Fsp3) is 0. The first-order chi connectivity index (χ1) is 8.34. The third-order valence-electron chi connectivity index (χ3n) is 2.38. The number of nitrogens with zero attached hydrogens (tertiary/aromatic N) is 4. The number of hydrogen-bond acceptors (Lipinski definition) is 4. The van der Waals surface area contributed by atoms with Crippen LogP contribution in [0.5, 0.6) is 0 Å². The minimum atomic E-state index is 0.612. The molecule has 0 aliphatic carbocycles. The molecular weight excluding hydrogens is 236 g/mol. The van der Waals surface area contributed by atoms with E-state index in [4.69, 9.17) is 11.6 Å². The summed E-state index contributed by atoms with van der Waals surface area (Å²) in [6.07, 6.45) is 6.56. The summed E-state index contributed by atoms with van der Waals surface area (Å²) in [6, 6.07) is 5.50. The molecule has 17 heavy (non-hydrogen) atoms. The molecule has 3 aromatic rings. The van der Waals surface area contributed by atoms with Gasteiger partial charge in [0.2, 0.25) is 0 Å². The van der Waals surface area contributed by atoms with Gasteiger partial charge in [0.25, 0.3) is 0 Å². The van der Waals surface area contributed by atoms with Crippen LogP contribution in [-0.4, -0.2) is 19.9 Å². The van der Waals surface area contributed by atoms with Crippen LogP contribution in [-0.2, 0) is 0 Å². The van der Waals surface area contributed by atoms with E-state index in [-0.39, 0.29) is 0 Å². The Balaban J connectivity index is 2.21. The van der Waals surface area contributed by atoms with Crippen molar-refractivity contribution in [2.24, 2.45) is 0 Å². The van der Waals surface area contributed by atoms with Crippen molar-refractivity contribution in [3.63, 3.8) is 0 Å². The maximum absolute atomic E-state index is 6.05. The van der Waals surface area contributed by atoms with Crippen LogP contribution in [0.2, 0.25) is 5.02 Å². The lowest BCUT2D eigenvalue weighted by Crippen LogP contribution is -1.90. The van der Waals surface area contributed by atoms with Crippen molar-refractivity contribution in [1.29, 1.82) is 0 Å². The average molecular weight is 243 g/mol. The van der Waals surface area contributed by atoms with Gasteiger partial charge in [-0.3, -0.25) is 9.97 Å². The van der Waals surface area contributed by atoms with Gasteiger partial charge in [0.15, 0.2) is 5.65 Å². The highest BCUT2D eigenvalue weighted by atomic mass is 35.5. The lowest BCUT2D eigenvalue weighted by Gasteiger charge is -2.02. The van der Waals surface area contributed by atoms with Crippen LogP contribution in [0.15, 0.2) is 43.0 Å². The van der Waals surface area contributed by atoms with Gasteiger partial charge in [0, 0.05) is 24.0 Å². The molecule has 3 heterocycles. The summed E-state index contributed by atoms with van der Waals surface area (Å²) in [4.78, 5) is 16.8. The summed E-state index contributed by atoms with van der Waals surface area (Å²) in [5.41, 5.74) is 2.07. The van der Waals surface area contributed by atoms with Crippen LogP contribution in [0.4, 0.5) is 0 Å². The van der Waals surface area contributed by atoms with Gasteiger partial charge in [-0.25, -0.2) is 9.97 Å². The Morgan fingerprint density at radius 2 is 1.82 bits per heavy atom. The highest BCUT2D eigenvalue weighted by Gasteiger charge is 2.05. The summed E-state index contributed by atoms with van der Waals surface area (Å²) in [5.74, 6) is 0. The molecule has 0 fully saturated rings. The molecule has 4 nitrogen and oxygen atoms in total. The second-order valence-corrected chi connectivity index (χ2v) is 3.86. The zero-order valence-electron chi connectivity index (χ0n) is 8.71. The summed E-state index contributed by atoms with van der Waals surface area (Å²) in [7, 11) is 0. The lowest BCUT2D eigenvalue weighted by atomic mass is 10.2. The molecule has 0 aliphatic heterocycles. The van der Waals surface area contributed by atoms with E-state index in [2.05, 4.69) is 19.9 Å². The third-order valence-corrected chi connectivity index (χ3v) is 2.71. The largest absolute Gasteiger partial charge is 0.261 e. The van der Waals surface area contributed by atoms with E-state index in [1.165, 1.54) is 0 Å². The minimum absolute atomic E-state index is 0.612. The smallest absolute Gasteiger partial charge is 0.161 e. The Morgan fingerprint density at radius 1 is 0.882 bits per heavy atom. The van der Waals surface area contributed by atoms with E-state index >= 15 is 0 Å². The van der Waals surface area contributed by atoms with E-state index in [0.717, 1.165) is 16.8 Å². The Morgan fingerprint density at radius 3 is 2.65 bits per heavy atom. The number of pyridine rings is 2. The molecule has 0 bridgehead atoms. The fourth-order valence-electron chi connectivity index (χ4n) is 1.57. The molecule has 0 aliphatic rings. The van der Waals surface area contributed by atoms with Crippen molar-refractivity contribution >= 4 is 22.6 Å². The van der Waals surface area contributed by atoms with Gasteiger partial charge in [0.1, 0.15) is 5.69 Å². The van der Waals surface area contributed by atoms with E-state index in [9.17, 15) is 0 Å². The van der Waals surface area contributed by atoms with Crippen LogP contribution < -0.4 is 0 Å². The van der Waals surface area contributed by atoms with E-state index in [1.807, 2.05) is 12.1 Å². The number of rotatable bonds is 1. The molecule has 0 aromatic carbocycles. The maximum atomic E-state index is 6.05. The topological polar surface area (TPSA) is 51.6 Å². The first-order valence-corrected chi connectivity index (χ1v) is 5.40. The standard InChI is InChI=1S/C12H7ClN4/c13-9-3-4-16-12-8(9)1-2-10(17-12)11-7-14-5-6-15-11/h1-7H. The van der Waals surface area contributed by atoms with Crippen LogP contribution in [0.25, 0.3) is 22.4 Å². The third kappa shape index (κ3) is 1.83. The van der Waals surface area contributed by atoms with Crippen LogP contribution in [0.3, 0.4) is 0 Å². The highest BCUT2D eigenvalue weighted by molar-refractivity contribution is 6.35. The van der Waals surface area contributed by atoms with Crippen molar-refractivity contribution < 1.29 is 0 Å². The predicted octanol–water partition coefficient (Wildman–Crippen LogP) is 2.74. The van der Waals surface area contributed by atoms with Gasteiger partial charge in [-0.15, -0.1) is 0 Å². The van der Waals surface area contributed by atoms with E-state index in [0.29, 0.717) is 10.7 Å². The molecule has 3 aromatic heterocycles. The van der Waals surface area contributed by atoms with Gasteiger partial charge in [-0.2, -0.15) is 0 Å². The molecule has 3 rings (SSSR count). The second kappa shape index (κ2) is 4.07. The Hall–Kier alpha value is -2.07. The Kier molecular flexibility index (Phi) is 2.42. The molecule has 0 amide bonds. The molecule has 0 N–H and O–H groups in total. The monoisotopic (exact) mass is 242 g/mol. The SMILES string of the molecule is Clc1ccnc2nc(-c3cnccn3)ccc12. The van der Waals surface area contributed by atoms with E-state index < -0.39 is 0 Å². The normalized spacial score (nSPS) is 10.6. The van der Waals surface area contributed by atoms with Gasteiger partial charge < -0.3 is 0 Å². The van der Waals surface area contributed by atoms with Crippen molar-refractivity contribution in [1.82, 2.24) is 19.9 Å². The molecule has 0 spiro atoms.